The van der Waals surface area contributed by atoms with Crippen LogP contribution in [0.15, 0.2) is 41.4 Å². The molecule has 0 saturated carbocycles. The molecular formula is C45H63F3N4O11S. The number of hydrogen-bond acceptors (Lipinski definition) is 12. The number of carbonyl (C=O) groups is 3. The Morgan fingerprint density at radius 1 is 0.938 bits per heavy atom. The molecule has 2 amide bonds. The number of aryl methyl sites for hydroxylation is 2. The van der Waals surface area contributed by atoms with E-state index in [9.17, 15) is 36.0 Å². The Kier molecular flexibility index (Phi) is 15.3. The summed E-state index contributed by atoms with van der Waals surface area (Å²) in [5.74, 6) is -2.15. The van der Waals surface area contributed by atoms with Crippen LogP contribution in [0, 0.1) is 6.92 Å². The van der Waals surface area contributed by atoms with Crippen molar-refractivity contribution in [2.24, 2.45) is 4.99 Å². The number of amidine groups is 1. The number of hydrogen-bond donors (Lipinski definition) is 0. The van der Waals surface area contributed by atoms with Gasteiger partial charge in [-0.25, -0.2) is 22.3 Å². The molecule has 3 aliphatic rings. The van der Waals surface area contributed by atoms with Crippen molar-refractivity contribution in [1.29, 1.82) is 0 Å². The third kappa shape index (κ3) is 13.2. The summed E-state index contributed by atoms with van der Waals surface area (Å²) in [5.41, 5.74) is -1.76. The number of nitrogens with zero attached hydrogens (tertiary/aromatic N) is 4. The van der Waals surface area contributed by atoms with Crippen LogP contribution in [-0.2, 0) is 51.1 Å². The number of piperidine rings is 1. The molecule has 2 aromatic rings. The first-order chi connectivity index (χ1) is 29.5. The number of sulfonamides is 1. The quantitative estimate of drug-likeness (QED) is 0.137. The minimum absolute atomic E-state index is 0.00880. The monoisotopic (exact) mass is 924 g/mol. The fourth-order valence-corrected chi connectivity index (χ4v) is 9.13. The molecule has 0 unspecified atom stereocenters. The van der Waals surface area contributed by atoms with Crippen LogP contribution >= 0.6 is 0 Å². The van der Waals surface area contributed by atoms with Crippen LogP contribution in [0.3, 0.4) is 0 Å². The van der Waals surface area contributed by atoms with Crippen molar-refractivity contribution in [2.75, 3.05) is 59.3 Å². The van der Waals surface area contributed by atoms with Crippen molar-refractivity contribution in [3.05, 3.63) is 64.2 Å². The Balaban J connectivity index is 1.21. The average molecular weight is 925 g/mol. The number of carbonyl (C=O) groups excluding carboxylic acids is 3. The topological polar surface area (TPSA) is 163 Å². The molecule has 356 valence electrons. The van der Waals surface area contributed by atoms with E-state index in [1.54, 1.807) is 87.6 Å². The zero-order valence-electron chi connectivity index (χ0n) is 38.7. The number of likely N-dealkylation sites (N-methyl/N-ethyl adjacent to an activating group) is 2. The van der Waals surface area contributed by atoms with Crippen LogP contribution < -0.4 is 4.74 Å². The lowest BCUT2D eigenvalue weighted by molar-refractivity contribution is -0.151. The molecule has 0 bridgehead atoms. The van der Waals surface area contributed by atoms with Crippen LogP contribution in [0.2, 0.25) is 0 Å². The first-order valence-electron chi connectivity index (χ1n) is 21.4. The average Bonchev–Trinajstić information content (AvgIpc) is 3.60. The van der Waals surface area contributed by atoms with Gasteiger partial charge in [0, 0.05) is 45.7 Å². The zero-order valence-corrected chi connectivity index (χ0v) is 39.5. The summed E-state index contributed by atoms with van der Waals surface area (Å²) in [6.45, 7) is 16.4. The van der Waals surface area contributed by atoms with Gasteiger partial charge in [0.15, 0.2) is 5.79 Å². The Morgan fingerprint density at radius 2 is 1.58 bits per heavy atom. The highest BCUT2D eigenvalue weighted by atomic mass is 32.2. The van der Waals surface area contributed by atoms with Crippen molar-refractivity contribution in [3.63, 3.8) is 0 Å². The molecule has 2 atom stereocenters. The van der Waals surface area contributed by atoms with E-state index in [4.69, 9.17) is 33.4 Å². The highest BCUT2D eigenvalue weighted by Gasteiger charge is 2.50. The summed E-state index contributed by atoms with van der Waals surface area (Å²) in [7, 11) is -0.737. The van der Waals surface area contributed by atoms with E-state index in [-0.39, 0.29) is 88.0 Å². The molecule has 0 aromatic heterocycles. The van der Waals surface area contributed by atoms with E-state index in [1.165, 1.54) is 27.2 Å². The lowest BCUT2D eigenvalue weighted by atomic mass is 9.89. The molecule has 0 N–H and O–H groups in total. The molecule has 3 heterocycles. The number of amides is 2. The molecule has 2 saturated heterocycles. The smallest absolute Gasteiger partial charge is 0.416 e. The molecule has 3 aliphatic heterocycles. The third-order valence-corrected chi connectivity index (χ3v) is 12.8. The van der Waals surface area contributed by atoms with Crippen molar-refractivity contribution >= 4 is 33.8 Å². The summed E-state index contributed by atoms with van der Waals surface area (Å²) in [6, 6.07) is 8.20. The number of rotatable bonds is 15. The standard InChI is InChI=1S/C45H63F3N4O11S/c1-29-24-31(38(53)62-41(2,3)4)13-12-30(29)15-23-64(56,57)52-18-16-44(17-19-52)39(54)51(11)37(49-44)32-25-33(45(46,47)48)27-34(26-32)59-21-14-35-36(61-43(8,9)60-35)28-58-22-20-50(10)40(55)63-42(5,6)7/h12-13,24-27,35-36H,14-23,28H2,1-11H3/t35-,36+/m0/s1. The van der Waals surface area contributed by atoms with Crippen molar-refractivity contribution < 1.29 is 64.4 Å². The van der Waals surface area contributed by atoms with E-state index in [1.807, 2.05) is 0 Å². The molecule has 5 rings (SSSR count). The summed E-state index contributed by atoms with van der Waals surface area (Å²) < 4.78 is 106. The van der Waals surface area contributed by atoms with Crippen molar-refractivity contribution in [3.8, 4) is 5.75 Å². The van der Waals surface area contributed by atoms with Crippen LogP contribution in [0.4, 0.5) is 18.0 Å². The molecule has 0 aliphatic carbocycles. The second-order valence-corrected chi connectivity index (χ2v) is 21.1. The van der Waals surface area contributed by atoms with E-state index >= 15 is 0 Å². The first kappa shape index (κ1) is 50.7. The maximum atomic E-state index is 14.3. The predicted octanol–water partition coefficient (Wildman–Crippen LogP) is 6.77. The van der Waals surface area contributed by atoms with Gasteiger partial charge in [-0.2, -0.15) is 13.2 Å². The minimum Gasteiger partial charge on any atom is -0.493 e. The van der Waals surface area contributed by atoms with E-state index in [2.05, 4.69) is 0 Å². The number of benzene rings is 2. The minimum atomic E-state index is -4.75. The summed E-state index contributed by atoms with van der Waals surface area (Å²) in [4.78, 5) is 45.9. The fourth-order valence-electron chi connectivity index (χ4n) is 7.66. The Labute approximate surface area is 374 Å². The Morgan fingerprint density at radius 3 is 2.19 bits per heavy atom. The van der Waals surface area contributed by atoms with Gasteiger partial charge in [0.2, 0.25) is 10.0 Å². The molecule has 64 heavy (non-hydrogen) atoms. The van der Waals surface area contributed by atoms with Gasteiger partial charge in [-0.1, -0.05) is 6.07 Å². The largest absolute Gasteiger partial charge is 0.493 e. The van der Waals surface area contributed by atoms with Gasteiger partial charge in [0.25, 0.3) is 5.91 Å². The number of alkyl halides is 3. The van der Waals surface area contributed by atoms with Gasteiger partial charge in [0.1, 0.15) is 34.4 Å². The Hall–Kier alpha value is -4.30. The lowest BCUT2D eigenvalue weighted by Crippen LogP contribution is -2.51. The summed E-state index contributed by atoms with van der Waals surface area (Å²) in [5, 5.41) is 0. The van der Waals surface area contributed by atoms with Crippen molar-refractivity contribution in [1.82, 2.24) is 14.1 Å². The van der Waals surface area contributed by atoms with Gasteiger partial charge in [0.05, 0.1) is 42.8 Å². The first-order valence-corrected chi connectivity index (χ1v) is 23.0. The number of aliphatic imine (C=N–C) groups is 1. The maximum Gasteiger partial charge on any atom is 0.416 e. The molecule has 15 nitrogen and oxygen atoms in total. The normalized spacial score (nSPS) is 20.4. The lowest BCUT2D eigenvalue weighted by Gasteiger charge is -2.35. The number of ether oxygens (including phenoxy) is 6. The van der Waals surface area contributed by atoms with Gasteiger partial charge in [-0.05, 0) is 123 Å². The third-order valence-electron chi connectivity index (χ3n) is 10.9. The maximum absolute atomic E-state index is 14.3. The molecule has 2 aromatic carbocycles. The molecule has 19 heteroatoms. The number of halogens is 3. The summed E-state index contributed by atoms with van der Waals surface area (Å²) in [6.07, 6.45) is -5.78. The van der Waals surface area contributed by atoms with E-state index in [0.29, 0.717) is 5.56 Å². The van der Waals surface area contributed by atoms with Gasteiger partial charge in [-0.15, -0.1) is 0 Å². The second kappa shape index (κ2) is 19.3. The predicted molar refractivity (Wildman–Crippen MR) is 232 cm³/mol. The fraction of sp³-hybridized carbons (Fsp3) is 0.644. The van der Waals surface area contributed by atoms with Gasteiger partial charge >= 0.3 is 18.2 Å². The molecule has 1 spiro atoms. The van der Waals surface area contributed by atoms with Crippen molar-refractivity contribution in [2.45, 2.75) is 129 Å². The van der Waals surface area contributed by atoms with E-state index in [0.717, 1.165) is 23.3 Å². The molecule has 2 fully saturated rings. The van der Waals surface area contributed by atoms with Crippen LogP contribution in [0.5, 0.6) is 5.75 Å². The van der Waals surface area contributed by atoms with Crippen LogP contribution in [-0.4, -0.2) is 140 Å². The van der Waals surface area contributed by atoms with Crippen LogP contribution in [0.1, 0.15) is 107 Å². The second-order valence-electron chi connectivity index (χ2n) is 19.0. The SMILES string of the molecule is Cc1cc(C(=O)OC(C)(C)C)ccc1CCS(=O)(=O)N1CCC2(CC1)N=C(c1cc(OCC[C@@H]3OC(C)(C)O[C@@H]3COCCN(C)C(=O)OC(C)(C)C)cc(C(F)(F)F)c1)N(C)C2=O. The van der Waals surface area contributed by atoms with Gasteiger partial charge < -0.3 is 33.3 Å². The van der Waals surface area contributed by atoms with Crippen LogP contribution in [0.25, 0.3) is 0 Å². The van der Waals surface area contributed by atoms with E-state index < -0.39 is 74.5 Å². The summed E-state index contributed by atoms with van der Waals surface area (Å²) >= 11 is 0. The zero-order chi connectivity index (χ0) is 47.6. The highest BCUT2D eigenvalue weighted by molar-refractivity contribution is 7.89. The number of esters is 1. The Bertz CT molecular complexity index is 2180. The molecule has 0 radical (unpaired) electrons. The van der Waals surface area contributed by atoms with Gasteiger partial charge in [-0.3, -0.25) is 14.7 Å². The molecular weight excluding hydrogens is 862 g/mol. The highest BCUT2D eigenvalue weighted by Crippen LogP contribution is 2.39.